The van der Waals surface area contributed by atoms with Gasteiger partial charge in [-0.25, -0.2) is 0 Å². The van der Waals surface area contributed by atoms with Crippen LogP contribution in [-0.2, 0) is 10.8 Å². The molecule has 0 amide bonds. The Balaban J connectivity index is 1.000. The second-order valence-electron chi connectivity index (χ2n) is 19.2. The SMILES string of the molecule is CC1(C)c2ccccc2-c2ccc(N(c3ccc(-c4c5c(c6ccccc6c4-c4ccccc4)C(C)(C)c4ccccc4-5)cc3)c3ccc(-c4cccc5c4oc4ccccc45)cc3)cc21. The first-order valence-corrected chi connectivity index (χ1v) is 23.2. The summed E-state index contributed by atoms with van der Waals surface area (Å²) in [5, 5.41) is 4.87. The van der Waals surface area contributed by atoms with Crippen molar-refractivity contribution in [2.75, 3.05) is 4.90 Å². The van der Waals surface area contributed by atoms with Crippen molar-refractivity contribution >= 4 is 49.8 Å². The molecule has 0 fully saturated rings. The lowest BCUT2D eigenvalue weighted by Gasteiger charge is -2.29. The highest BCUT2D eigenvalue weighted by molar-refractivity contribution is 6.15. The third-order valence-corrected chi connectivity index (χ3v) is 14.9. The summed E-state index contributed by atoms with van der Waals surface area (Å²) in [6.45, 7) is 9.52. The maximum atomic E-state index is 6.50. The Hall–Kier alpha value is -7.94. The second-order valence-corrected chi connectivity index (χ2v) is 19.2. The van der Waals surface area contributed by atoms with Crippen molar-refractivity contribution in [3.63, 3.8) is 0 Å². The molecule has 10 aromatic carbocycles. The number of para-hydroxylation sites is 2. The van der Waals surface area contributed by atoms with Crippen molar-refractivity contribution in [2.45, 2.75) is 38.5 Å². The van der Waals surface area contributed by atoms with Crippen LogP contribution in [0.15, 0.2) is 217 Å². The maximum Gasteiger partial charge on any atom is 0.143 e. The average Bonchev–Trinajstić information content (AvgIpc) is 3.94. The van der Waals surface area contributed by atoms with Gasteiger partial charge in [0.25, 0.3) is 0 Å². The van der Waals surface area contributed by atoms with E-state index in [4.69, 9.17) is 4.42 Å². The third-order valence-electron chi connectivity index (χ3n) is 14.9. The molecule has 66 heavy (non-hydrogen) atoms. The zero-order valence-electron chi connectivity index (χ0n) is 37.6. The smallest absolute Gasteiger partial charge is 0.143 e. The summed E-state index contributed by atoms with van der Waals surface area (Å²) in [6, 6.07) is 78.2. The van der Waals surface area contributed by atoms with E-state index >= 15 is 0 Å². The summed E-state index contributed by atoms with van der Waals surface area (Å²) >= 11 is 0. The van der Waals surface area contributed by atoms with Gasteiger partial charge in [0.2, 0.25) is 0 Å². The van der Waals surface area contributed by atoms with Crippen LogP contribution in [0, 0.1) is 0 Å². The highest BCUT2D eigenvalue weighted by Crippen LogP contribution is 2.58. The number of anilines is 3. The fourth-order valence-corrected chi connectivity index (χ4v) is 11.8. The molecular weight excluding hydrogens is 799 g/mol. The number of nitrogens with zero attached hydrogens (tertiary/aromatic N) is 1. The molecule has 0 N–H and O–H groups in total. The first-order chi connectivity index (χ1) is 32.3. The standard InChI is InChI=1S/C64H47NO/c1-63(2)54-26-13-10-19-47(54)48-38-37-45(39-56(48)63)65(43-33-29-40(30-34-43)46-24-16-25-52-49-20-12-15-28-57(49)66-62(46)52)44-35-31-42(32-36-44)59-58(41-17-6-5-7-18-41)50-21-8-9-22-51(50)61-60(59)53-23-11-14-27-55(53)64(61,3)4/h5-39H,1-4H3. The summed E-state index contributed by atoms with van der Waals surface area (Å²) in [5.41, 5.74) is 22.8. The van der Waals surface area contributed by atoms with Crippen LogP contribution in [0.5, 0.6) is 0 Å². The van der Waals surface area contributed by atoms with Gasteiger partial charge in [0, 0.05) is 44.2 Å². The van der Waals surface area contributed by atoms with Gasteiger partial charge in [0.1, 0.15) is 11.2 Å². The lowest BCUT2D eigenvalue weighted by atomic mass is 9.77. The van der Waals surface area contributed by atoms with Crippen molar-refractivity contribution in [3.05, 3.63) is 235 Å². The van der Waals surface area contributed by atoms with Gasteiger partial charge < -0.3 is 9.32 Å². The Morgan fingerprint density at radius 1 is 0.333 bits per heavy atom. The van der Waals surface area contributed by atoms with E-state index in [0.29, 0.717) is 0 Å². The summed E-state index contributed by atoms with van der Waals surface area (Å²) < 4.78 is 6.50. The summed E-state index contributed by atoms with van der Waals surface area (Å²) in [4.78, 5) is 2.43. The molecule has 2 aliphatic carbocycles. The molecule has 11 aromatic rings. The Morgan fingerprint density at radius 3 is 1.61 bits per heavy atom. The molecule has 0 saturated carbocycles. The maximum absolute atomic E-state index is 6.50. The summed E-state index contributed by atoms with van der Waals surface area (Å²) in [6.07, 6.45) is 0. The third kappa shape index (κ3) is 5.55. The van der Waals surface area contributed by atoms with Crippen LogP contribution >= 0.6 is 0 Å². The molecule has 0 radical (unpaired) electrons. The van der Waals surface area contributed by atoms with E-state index in [1.807, 2.05) is 6.07 Å². The van der Waals surface area contributed by atoms with E-state index in [2.05, 4.69) is 239 Å². The average molecular weight is 846 g/mol. The van der Waals surface area contributed by atoms with Gasteiger partial charge in [0.05, 0.1) is 0 Å². The number of rotatable bonds is 6. The van der Waals surface area contributed by atoms with E-state index < -0.39 is 0 Å². The molecule has 13 rings (SSSR count). The quantitative estimate of drug-likeness (QED) is 0.166. The minimum Gasteiger partial charge on any atom is -0.455 e. The van der Waals surface area contributed by atoms with Crippen LogP contribution in [0.4, 0.5) is 17.1 Å². The fraction of sp³-hybridized carbons (Fsp3) is 0.0938. The van der Waals surface area contributed by atoms with Crippen LogP contribution in [0.3, 0.4) is 0 Å². The lowest BCUT2D eigenvalue weighted by molar-refractivity contribution is 0.660. The van der Waals surface area contributed by atoms with Crippen LogP contribution < -0.4 is 4.90 Å². The fourth-order valence-electron chi connectivity index (χ4n) is 11.8. The molecule has 0 spiro atoms. The molecule has 1 aromatic heterocycles. The van der Waals surface area contributed by atoms with Crippen molar-refractivity contribution in [1.82, 2.24) is 0 Å². The normalized spacial score (nSPS) is 14.0. The van der Waals surface area contributed by atoms with Crippen LogP contribution in [0.2, 0.25) is 0 Å². The second kappa shape index (κ2) is 14.3. The van der Waals surface area contributed by atoms with Gasteiger partial charge >= 0.3 is 0 Å². The van der Waals surface area contributed by atoms with Gasteiger partial charge in [-0.15, -0.1) is 0 Å². The Labute approximate surface area is 386 Å². The van der Waals surface area contributed by atoms with Crippen molar-refractivity contribution in [2.24, 2.45) is 0 Å². The van der Waals surface area contributed by atoms with Gasteiger partial charge in [-0.1, -0.05) is 198 Å². The molecular formula is C64H47NO. The molecule has 0 bridgehead atoms. The molecule has 0 aliphatic heterocycles. The van der Waals surface area contributed by atoms with Crippen LogP contribution in [0.25, 0.3) is 88.3 Å². The van der Waals surface area contributed by atoms with E-state index in [1.54, 1.807) is 0 Å². The zero-order valence-corrected chi connectivity index (χ0v) is 37.6. The molecule has 2 aliphatic rings. The van der Waals surface area contributed by atoms with Crippen molar-refractivity contribution in [3.8, 4) is 55.6 Å². The molecule has 0 saturated heterocycles. The van der Waals surface area contributed by atoms with Gasteiger partial charge in [-0.3, -0.25) is 0 Å². The highest BCUT2D eigenvalue weighted by atomic mass is 16.3. The molecule has 0 unspecified atom stereocenters. The van der Waals surface area contributed by atoms with Crippen LogP contribution in [-0.4, -0.2) is 0 Å². The number of benzene rings is 10. The predicted octanol–water partition coefficient (Wildman–Crippen LogP) is 17.8. The van der Waals surface area contributed by atoms with Gasteiger partial charge in [0.15, 0.2) is 0 Å². The van der Waals surface area contributed by atoms with Gasteiger partial charge in [-0.2, -0.15) is 0 Å². The largest absolute Gasteiger partial charge is 0.455 e. The van der Waals surface area contributed by atoms with Crippen molar-refractivity contribution < 1.29 is 4.42 Å². The summed E-state index contributed by atoms with van der Waals surface area (Å²) in [7, 11) is 0. The minimum atomic E-state index is -0.171. The monoisotopic (exact) mass is 845 g/mol. The van der Waals surface area contributed by atoms with Crippen molar-refractivity contribution in [1.29, 1.82) is 0 Å². The number of hydrogen-bond acceptors (Lipinski definition) is 2. The molecule has 314 valence electrons. The van der Waals surface area contributed by atoms with E-state index in [-0.39, 0.29) is 10.8 Å². The number of furan rings is 1. The zero-order chi connectivity index (χ0) is 44.3. The number of hydrogen-bond donors (Lipinski definition) is 0. The molecule has 0 atom stereocenters. The Bertz CT molecular complexity index is 3740. The van der Waals surface area contributed by atoms with E-state index in [0.717, 1.165) is 50.1 Å². The predicted molar refractivity (Wildman–Crippen MR) is 277 cm³/mol. The first kappa shape index (κ1) is 38.5. The van der Waals surface area contributed by atoms with Gasteiger partial charge in [-0.05, 0) is 126 Å². The molecule has 2 heteroatoms. The van der Waals surface area contributed by atoms with E-state index in [1.165, 1.54) is 77.5 Å². The Kier molecular flexibility index (Phi) is 8.33. The lowest BCUT2D eigenvalue weighted by Crippen LogP contribution is -2.16. The minimum absolute atomic E-state index is 0.138. The molecule has 2 nitrogen and oxygen atoms in total. The number of fused-ring (bicyclic) bond motifs is 11. The highest BCUT2D eigenvalue weighted by Gasteiger charge is 2.40. The Morgan fingerprint density at radius 2 is 0.864 bits per heavy atom. The van der Waals surface area contributed by atoms with Crippen LogP contribution in [0.1, 0.15) is 49.9 Å². The first-order valence-electron chi connectivity index (χ1n) is 23.2. The summed E-state index contributed by atoms with van der Waals surface area (Å²) in [5.74, 6) is 0. The topological polar surface area (TPSA) is 16.4 Å². The van der Waals surface area contributed by atoms with E-state index in [9.17, 15) is 0 Å². The molecule has 1 heterocycles.